The molecule has 6 rings (SSSR count). The number of fused-ring (bicyclic) bond motifs is 4. The average molecular weight is 721 g/mol. The van der Waals surface area contributed by atoms with Crippen molar-refractivity contribution in [1.29, 1.82) is 0 Å². The molecule has 1 fully saturated rings. The van der Waals surface area contributed by atoms with Crippen LogP contribution in [-0.2, 0) is 36.1 Å². The topological polar surface area (TPSA) is 54.0 Å². The van der Waals surface area contributed by atoms with E-state index in [2.05, 4.69) is 130 Å². The van der Waals surface area contributed by atoms with Gasteiger partial charge in [-0.15, -0.1) is 22.7 Å². The van der Waals surface area contributed by atoms with E-state index in [4.69, 9.17) is 18.3 Å². The monoisotopic (exact) mass is 720 g/mol. The van der Waals surface area contributed by atoms with Crippen LogP contribution in [0.5, 0.6) is 0 Å². The number of hydrogen-bond acceptors (Lipinski definition) is 7. The van der Waals surface area contributed by atoms with Crippen molar-refractivity contribution in [2.24, 2.45) is 0 Å². The van der Waals surface area contributed by atoms with Crippen LogP contribution in [0.15, 0.2) is 59.9 Å². The second kappa shape index (κ2) is 12.2. The Morgan fingerprint density at radius 2 is 1.35 bits per heavy atom. The number of ether oxygens (including phenoxy) is 2. The first-order valence-corrected chi connectivity index (χ1v) is 24.6. The molecule has 5 nitrogen and oxygen atoms in total. The van der Waals surface area contributed by atoms with Gasteiger partial charge in [0.1, 0.15) is 24.6 Å². The normalized spacial score (nSPS) is 22.2. The molecule has 258 valence electrons. The molecule has 9 heteroatoms. The Kier molecular flexibility index (Phi) is 9.03. The molecule has 0 radical (unpaired) electrons. The minimum absolute atomic E-state index is 0.0419. The van der Waals surface area contributed by atoms with Crippen LogP contribution in [0.3, 0.4) is 0 Å². The molecular formula is C39H52O5S2Si2. The molecule has 2 aromatic heterocycles. The van der Waals surface area contributed by atoms with Crippen LogP contribution in [0.4, 0.5) is 0 Å². The summed E-state index contributed by atoms with van der Waals surface area (Å²) in [6.07, 6.45) is -0.0129. The molecule has 2 aromatic carbocycles. The Hall–Kier alpha value is -2.28. The zero-order valence-electron chi connectivity index (χ0n) is 30.8. The number of carbonyl (C=O) groups excluding carboxylic acids is 1. The first-order chi connectivity index (χ1) is 22.2. The quantitative estimate of drug-likeness (QED) is 0.127. The molecule has 3 atom stereocenters. The molecule has 1 saturated heterocycles. The molecule has 0 N–H and O–H groups in total. The van der Waals surface area contributed by atoms with Crippen LogP contribution in [0, 0.1) is 13.8 Å². The third kappa shape index (κ3) is 6.51. The Labute approximate surface area is 296 Å². The van der Waals surface area contributed by atoms with E-state index in [1.54, 1.807) is 22.7 Å². The van der Waals surface area contributed by atoms with Crippen LogP contribution in [0.2, 0.25) is 36.3 Å². The van der Waals surface area contributed by atoms with Crippen molar-refractivity contribution in [1.82, 2.24) is 0 Å². The van der Waals surface area contributed by atoms with Gasteiger partial charge in [0.05, 0.1) is 0 Å². The van der Waals surface area contributed by atoms with E-state index in [-0.39, 0.29) is 16.0 Å². The molecule has 3 heterocycles. The van der Waals surface area contributed by atoms with Crippen molar-refractivity contribution >= 4 is 65.4 Å². The molecule has 4 aromatic rings. The summed E-state index contributed by atoms with van der Waals surface area (Å²) < 4.78 is 30.4. The third-order valence-electron chi connectivity index (χ3n) is 11.1. The van der Waals surface area contributed by atoms with Gasteiger partial charge in [-0.3, -0.25) is 0 Å². The van der Waals surface area contributed by atoms with E-state index in [9.17, 15) is 4.79 Å². The number of rotatable bonds is 9. The van der Waals surface area contributed by atoms with Crippen molar-refractivity contribution in [3.8, 4) is 0 Å². The summed E-state index contributed by atoms with van der Waals surface area (Å²) in [7, 11) is -4.78. The highest BCUT2D eigenvalue weighted by atomic mass is 32.1. The van der Waals surface area contributed by atoms with E-state index in [0.717, 1.165) is 16.2 Å². The third-order valence-corrected chi connectivity index (χ3v) is 22.2. The molecule has 1 aliphatic heterocycles. The molecule has 48 heavy (non-hydrogen) atoms. The minimum Gasteiger partial charge on any atom is -0.489 e. The number of carbonyl (C=O) groups is 1. The van der Waals surface area contributed by atoms with Crippen molar-refractivity contribution in [3.05, 3.63) is 80.7 Å². The second-order valence-electron chi connectivity index (χ2n) is 17.0. The summed E-state index contributed by atoms with van der Waals surface area (Å²) in [5.74, 6) is 0.423. The van der Waals surface area contributed by atoms with Crippen LogP contribution in [0.1, 0.15) is 68.8 Å². The fraction of sp³-hybridized carbons (Fsp3) is 0.513. The SMILES string of the molecule is Cc1ccc2sc(COC3=C(Cc4cc5cc(C)ccc5s4)[C@]4(O[Si](C)(C)C(C)(C)C)C[C@@H](OC4=O)[C@@H]3O[Si](C)(C)C(C)(C)C)cc2c1. The number of esters is 1. The van der Waals surface area contributed by atoms with E-state index in [1.165, 1.54) is 36.2 Å². The lowest BCUT2D eigenvalue weighted by Gasteiger charge is -2.46. The lowest BCUT2D eigenvalue weighted by Crippen LogP contribution is -2.56. The smallest absolute Gasteiger partial charge is 0.342 e. The number of aryl methyl sites for hydroxylation is 2. The lowest BCUT2D eigenvalue weighted by molar-refractivity contribution is -0.152. The molecule has 0 saturated carbocycles. The van der Waals surface area contributed by atoms with Gasteiger partial charge in [-0.05, 0) is 85.1 Å². The highest BCUT2D eigenvalue weighted by Crippen LogP contribution is 2.53. The zero-order chi connectivity index (χ0) is 35.0. The van der Waals surface area contributed by atoms with Crippen molar-refractivity contribution in [3.63, 3.8) is 0 Å². The Morgan fingerprint density at radius 1 is 0.812 bits per heavy atom. The Morgan fingerprint density at radius 3 is 1.92 bits per heavy atom. The molecule has 0 spiro atoms. The van der Waals surface area contributed by atoms with Gasteiger partial charge < -0.3 is 18.3 Å². The molecule has 1 aliphatic carbocycles. The second-order valence-corrected chi connectivity index (χ2v) is 28.8. The average Bonchev–Trinajstić information content (AvgIpc) is 3.63. The minimum atomic E-state index is -2.46. The maximum atomic E-state index is 14.4. The largest absolute Gasteiger partial charge is 0.489 e. The molecule has 0 unspecified atom stereocenters. The maximum Gasteiger partial charge on any atom is 0.342 e. The zero-order valence-corrected chi connectivity index (χ0v) is 34.4. The first kappa shape index (κ1) is 35.5. The lowest BCUT2D eigenvalue weighted by atomic mass is 9.80. The number of thiophene rings is 2. The van der Waals surface area contributed by atoms with Crippen LogP contribution >= 0.6 is 22.7 Å². The Bertz CT molecular complexity index is 1900. The highest BCUT2D eigenvalue weighted by Gasteiger charge is 2.64. The summed E-state index contributed by atoms with van der Waals surface area (Å²) in [6, 6.07) is 17.6. The highest BCUT2D eigenvalue weighted by molar-refractivity contribution is 7.19. The molecule has 2 bridgehead atoms. The standard InChI is InChI=1S/C39H52O5S2Si2/c1-24-13-15-32-26(17-24)19-28(45-32)21-30-34(41-23-29-20-27-18-25(2)14-16-33(27)46-29)35(43-47(9,10)37(3,4)5)31-22-39(30,36(40)42-31)44-48(11,12)38(6,7)8/h13-20,31,35H,21-23H2,1-12H3/t31-,35+,39-/m1/s1. The van der Waals surface area contributed by atoms with Gasteiger partial charge >= 0.3 is 5.97 Å². The predicted molar refractivity (Wildman–Crippen MR) is 206 cm³/mol. The van der Waals surface area contributed by atoms with E-state index < -0.39 is 34.4 Å². The van der Waals surface area contributed by atoms with Gasteiger partial charge in [0.2, 0.25) is 0 Å². The Balaban J connectivity index is 1.53. The molecule has 2 aliphatic rings. The first-order valence-electron chi connectivity index (χ1n) is 17.1. The summed E-state index contributed by atoms with van der Waals surface area (Å²) in [5, 5.41) is 2.29. The number of benzene rings is 2. The van der Waals surface area contributed by atoms with Gasteiger partial charge in [-0.2, -0.15) is 0 Å². The maximum absolute atomic E-state index is 14.4. The van der Waals surface area contributed by atoms with Gasteiger partial charge in [0, 0.05) is 37.6 Å². The van der Waals surface area contributed by atoms with Gasteiger partial charge in [-0.25, -0.2) is 4.79 Å². The van der Waals surface area contributed by atoms with Gasteiger partial charge in [0.15, 0.2) is 22.2 Å². The summed E-state index contributed by atoms with van der Waals surface area (Å²) in [4.78, 5) is 16.7. The fourth-order valence-corrected chi connectivity index (χ4v) is 11.0. The van der Waals surface area contributed by atoms with Crippen LogP contribution < -0.4 is 0 Å². The summed E-state index contributed by atoms with van der Waals surface area (Å²) >= 11 is 3.53. The number of hydrogen-bond donors (Lipinski definition) is 0. The van der Waals surface area contributed by atoms with Crippen LogP contribution in [-0.4, -0.2) is 40.4 Å². The molecule has 0 amide bonds. The van der Waals surface area contributed by atoms with E-state index >= 15 is 0 Å². The van der Waals surface area contributed by atoms with Gasteiger partial charge in [0.25, 0.3) is 0 Å². The predicted octanol–water partition coefficient (Wildman–Crippen LogP) is 11.2. The summed E-state index contributed by atoms with van der Waals surface area (Å²) in [6.45, 7) is 27.0. The summed E-state index contributed by atoms with van der Waals surface area (Å²) in [5.41, 5.74) is 2.12. The van der Waals surface area contributed by atoms with E-state index in [0.29, 0.717) is 19.4 Å². The van der Waals surface area contributed by atoms with E-state index in [1.807, 2.05) is 0 Å². The van der Waals surface area contributed by atoms with Gasteiger partial charge in [-0.1, -0.05) is 76.9 Å². The van der Waals surface area contributed by atoms with Crippen molar-refractivity contribution in [2.45, 2.75) is 129 Å². The molecular weight excluding hydrogens is 669 g/mol. The fourth-order valence-electron chi connectivity index (χ4n) is 6.27. The van der Waals surface area contributed by atoms with Crippen LogP contribution in [0.25, 0.3) is 20.2 Å². The van der Waals surface area contributed by atoms with Crippen molar-refractivity contribution in [2.75, 3.05) is 0 Å². The van der Waals surface area contributed by atoms with Crippen molar-refractivity contribution < 1.29 is 23.1 Å².